The molecule has 1 aliphatic heterocycles. The van der Waals surface area contributed by atoms with E-state index >= 15 is 0 Å². The van der Waals surface area contributed by atoms with Gasteiger partial charge in [-0.15, -0.1) is 0 Å². The van der Waals surface area contributed by atoms with E-state index in [1.54, 1.807) is 49.4 Å². The summed E-state index contributed by atoms with van der Waals surface area (Å²) >= 11 is 9.36. The molecule has 1 aliphatic carbocycles. The minimum absolute atomic E-state index is 0.273. The van der Waals surface area contributed by atoms with Gasteiger partial charge >= 0.3 is 11.9 Å². The number of carbonyl (C=O) groups excluding carboxylic acids is 3. The van der Waals surface area contributed by atoms with Crippen molar-refractivity contribution in [3.63, 3.8) is 0 Å². The van der Waals surface area contributed by atoms with E-state index in [0.29, 0.717) is 21.9 Å². The Morgan fingerprint density at radius 2 is 1.89 bits per heavy atom. The van der Waals surface area contributed by atoms with Crippen LogP contribution in [0.3, 0.4) is 0 Å². The van der Waals surface area contributed by atoms with Crippen LogP contribution in [0.25, 0.3) is 0 Å². The zero-order valence-corrected chi connectivity index (χ0v) is 17.5. The third-order valence-electron chi connectivity index (χ3n) is 5.93. The Morgan fingerprint density at radius 3 is 2.50 bits per heavy atom. The number of esters is 2. The Morgan fingerprint density at radius 1 is 1.21 bits per heavy atom. The van der Waals surface area contributed by atoms with Crippen molar-refractivity contribution >= 4 is 45.3 Å². The van der Waals surface area contributed by atoms with Gasteiger partial charge in [-0.1, -0.05) is 34.5 Å². The van der Waals surface area contributed by atoms with Crippen LogP contribution in [0.4, 0.5) is 0 Å². The first-order valence-electron chi connectivity index (χ1n) is 8.75. The number of methoxy groups -OCH3 is 1. The average molecular weight is 464 g/mol. The molecule has 2 aromatic carbocycles. The summed E-state index contributed by atoms with van der Waals surface area (Å²) < 4.78 is 11.2. The third-order valence-corrected chi connectivity index (χ3v) is 6.68. The highest BCUT2D eigenvalue weighted by molar-refractivity contribution is 9.10. The summed E-state index contributed by atoms with van der Waals surface area (Å²) in [5.74, 6) is -2.10. The molecule has 1 saturated carbocycles. The van der Waals surface area contributed by atoms with Crippen LogP contribution < -0.4 is 4.74 Å². The van der Waals surface area contributed by atoms with Gasteiger partial charge < -0.3 is 9.47 Å². The molecule has 2 aliphatic rings. The van der Waals surface area contributed by atoms with E-state index in [1.165, 1.54) is 7.11 Å². The Bertz CT molecular complexity index is 1020. The number of fused-ring (bicyclic) bond motifs is 3. The fourth-order valence-electron chi connectivity index (χ4n) is 4.71. The van der Waals surface area contributed by atoms with Gasteiger partial charge in [0.15, 0.2) is 11.2 Å². The predicted molar refractivity (Wildman–Crippen MR) is 105 cm³/mol. The molecule has 0 saturated heterocycles. The first-order chi connectivity index (χ1) is 13.3. The highest BCUT2D eigenvalue weighted by Crippen LogP contribution is 2.80. The molecular formula is C21H16BrClO5. The van der Waals surface area contributed by atoms with Crippen LogP contribution in [0.5, 0.6) is 5.75 Å². The van der Waals surface area contributed by atoms with Crippen LogP contribution in [0.2, 0.25) is 5.02 Å². The van der Waals surface area contributed by atoms with Gasteiger partial charge in [-0.3, -0.25) is 14.4 Å². The van der Waals surface area contributed by atoms with Gasteiger partial charge in [-0.25, -0.2) is 0 Å². The number of ether oxygens (including phenoxy) is 2. The molecule has 0 aromatic heterocycles. The molecule has 1 unspecified atom stereocenters. The Kier molecular flexibility index (Phi) is 4.39. The van der Waals surface area contributed by atoms with Crippen LogP contribution in [0, 0.1) is 10.8 Å². The van der Waals surface area contributed by atoms with Crippen molar-refractivity contribution in [3.05, 3.63) is 63.1 Å². The minimum atomic E-state index is -1.69. The predicted octanol–water partition coefficient (Wildman–Crippen LogP) is 4.56. The Balaban J connectivity index is 1.95. The molecule has 2 aromatic rings. The number of rotatable bonds is 4. The summed E-state index contributed by atoms with van der Waals surface area (Å²) in [4.78, 5) is 39.6. The molecule has 3 atom stereocenters. The second kappa shape index (κ2) is 6.42. The lowest BCUT2D eigenvalue weighted by Gasteiger charge is -2.22. The summed E-state index contributed by atoms with van der Waals surface area (Å²) in [7, 11) is 1.21. The van der Waals surface area contributed by atoms with Crippen LogP contribution in [-0.4, -0.2) is 24.8 Å². The highest BCUT2D eigenvalue weighted by atomic mass is 79.9. The summed E-state index contributed by atoms with van der Waals surface area (Å²) in [6.45, 7) is 1.79. The van der Waals surface area contributed by atoms with E-state index in [9.17, 15) is 14.4 Å². The highest BCUT2D eigenvalue weighted by Gasteiger charge is 2.90. The van der Waals surface area contributed by atoms with Crippen molar-refractivity contribution in [2.24, 2.45) is 10.8 Å². The first-order valence-corrected chi connectivity index (χ1v) is 9.92. The van der Waals surface area contributed by atoms with Gasteiger partial charge in [0, 0.05) is 26.5 Å². The molecule has 0 spiro atoms. The van der Waals surface area contributed by atoms with Gasteiger partial charge in [0.1, 0.15) is 5.75 Å². The fourth-order valence-corrected chi connectivity index (χ4v) is 5.21. The Hall–Kier alpha value is -2.18. The van der Waals surface area contributed by atoms with Gasteiger partial charge in [0.25, 0.3) is 0 Å². The lowest BCUT2D eigenvalue weighted by Crippen LogP contribution is -2.40. The van der Waals surface area contributed by atoms with Crippen molar-refractivity contribution in [2.75, 3.05) is 7.11 Å². The number of Topliss-reactive ketones (excluding diaryl/α,β-unsaturated/α-hetero) is 1. The second-order valence-corrected chi connectivity index (χ2v) is 8.32. The molecule has 5 nitrogen and oxygen atoms in total. The lowest BCUT2D eigenvalue weighted by atomic mass is 9.83. The van der Waals surface area contributed by atoms with Gasteiger partial charge in [0.2, 0.25) is 0 Å². The zero-order chi connectivity index (χ0) is 20.3. The van der Waals surface area contributed by atoms with Gasteiger partial charge in [-0.2, -0.15) is 0 Å². The third kappa shape index (κ3) is 2.22. The molecule has 4 rings (SSSR count). The number of ketones is 1. The fraction of sp³-hybridized carbons (Fsp3) is 0.286. The maximum atomic E-state index is 13.6. The SMILES string of the molecule is CCC1(C(=O)c2ccc(Cl)cc2)[C@@H]2c3cc(Br)ccc3OC(=O)[C@@]21C(=O)OC. The molecule has 7 heteroatoms. The first kappa shape index (κ1) is 19.2. The van der Waals surface area contributed by atoms with E-state index in [1.807, 2.05) is 0 Å². The van der Waals surface area contributed by atoms with Crippen molar-refractivity contribution < 1.29 is 23.9 Å². The lowest BCUT2D eigenvalue weighted by molar-refractivity contribution is -0.160. The quantitative estimate of drug-likeness (QED) is 0.288. The number of halogens is 2. The standard InChI is InChI=1S/C21H16BrClO5/c1-3-20(17(24)11-4-7-13(23)8-5-11)16-14-10-12(22)6-9-15(14)28-19(26)21(16,20)18(25)27-2/h4-10,16H,3H2,1-2H3/t16-,20?,21-/m0/s1. The molecule has 1 fully saturated rings. The van der Waals surface area contributed by atoms with Gasteiger partial charge in [-0.05, 0) is 48.9 Å². The van der Waals surface area contributed by atoms with Crippen molar-refractivity contribution in [1.29, 1.82) is 0 Å². The number of hydrogen-bond acceptors (Lipinski definition) is 5. The molecule has 0 amide bonds. The van der Waals surface area contributed by atoms with Crippen molar-refractivity contribution in [2.45, 2.75) is 19.3 Å². The van der Waals surface area contributed by atoms with E-state index in [4.69, 9.17) is 21.1 Å². The van der Waals surface area contributed by atoms with E-state index in [-0.39, 0.29) is 12.2 Å². The number of hydrogen-bond donors (Lipinski definition) is 0. The summed E-state index contributed by atoms with van der Waals surface area (Å²) in [6.07, 6.45) is 0.273. The Labute approximate surface area is 175 Å². The summed E-state index contributed by atoms with van der Waals surface area (Å²) in [6, 6.07) is 11.6. The van der Waals surface area contributed by atoms with Crippen LogP contribution in [0.15, 0.2) is 46.9 Å². The molecule has 0 bridgehead atoms. The van der Waals surface area contributed by atoms with Crippen molar-refractivity contribution in [3.8, 4) is 5.75 Å². The molecule has 0 N–H and O–H groups in total. The van der Waals surface area contributed by atoms with E-state index < -0.39 is 28.7 Å². The minimum Gasteiger partial charge on any atom is -0.468 e. The van der Waals surface area contributed by atoms with Gasteiger partial charge in [0.05, 0.1) is 12.5 Å². The molecular weight excluding hydrogens is 448 g/mol. The largest absolute Gasteiger partial charge is 0.468 e. The maximum absolute atomic E-state index is 13.6. The van der Waals surface area contributed by atoms with E-state index in [2.05, 4.69) is 15.9 Å². The summed E-state index contributed by atoms with van der Waals surface area (Å²) in [5, 5.41) is 0.492. The topological polar surface area (TPSA) is 69.7 Å². The number of carbonyl (C=O) groups is 3. The monoisotopic (exact) mass is 462 g/mol. The second-order valence-electron chi connectivity index (χ2n) is 6.97. The van der Waals surface area contributed by atoms with Crippen LogP contribution in [-0.2, 0) is 14.3 Å². The van der Waals surface area contributed by atoms with E-state index in [0.717, 1.165) is 4.47 Å². The van der Waals surface area contributed by atoms with Crippen LogP contribution >= 0.6 is 27.5 Å². The smallest absolute Gasteiger partial charge is 0.330 e. The average Bonchev–Trinajstić information content (AvgIpc) is 3.35. The molecule has 1 heterocycles. The van der Waals surface area contributed by atoms with Crippen LogP contribution in [0.1, 0.15) is 35.2 Å². The number of benzene rings is 2. The zero-order valence-electron chi connectivity index (χ0n) is 15.1. The molecule has 0 radical (unpaired) electrons. The normalized spacial score (nSPS) is 27.3. The maximum Gasteiger partial charge on any atom is 0.330 e. The molecule has 28 heavy (non-hydrogen) atoms. The van der Waals surface area contributed by atoms with Crippen molar-refractivity contribution in [1.82, 2.24) is 0 Å². The summed E-state index contributed by atoms with van der Waals surface area (Å²) in [5.41, 5.74) is -1.95. The molecule has 144 valence electrons.